The van der Waals surface area contributed by atoms with Crippen LogP contribution in [0.15, 0.2) is 0 Å². The number of anilines is 1. The first-order chi connectivity index (χ1) is 9.63. The van der Waals surface area contributed by atoms with E-state index >= 15 is 0 Å². The standard InChI is InChI=1S/C14H21N3O2S/c1-17-6-5-9(8-17)7-15-14-16-12-10(13(18)19)3-2-4-11(12)20-14/h9-10H,2-8H2,1H3,(H,15,16)(H,18,19). The second kappa shape index (κ2) is 5.69. The Morgan fingerprint density at radius 3 is 3.10 bits per heavy atom. The van der Waals surface area contributed by atoms with Gasteiger partial charge in [-0.05, 0) is 45.2 Å². The summed E-state index contributed by atoms with van der Waals surface area (Å²) >= 11 is 1.64. The Morgan fingerprint density at radius 1 is 1.55 bits per heavy atom. The molecule has 2 atom stereocenters. The molecule has 2 heterocycles. The number of fused-ring (bicyclic) bond motifs is 1. The van der Waals surface area contributed by atoms with Crippen LogP contribution in [0.2, 0.25) is 0 Å². The lowest BCUT2D eigenvalue weighted by Gasteiger charge is -2.16. The summed E-state index contributed by atoms with van der Waals surface area (Å²) in [6, 6.07) is 0. The van der Waals surface area contributed by atoms with E-state index in [4.69, 9.17) is 0 Å². The monoisotopic (exact) mass is 295 g/mol. The maximum absolute atomic E-state index is 11.3. The van der Waals surface area contributed by atoms with Crippen molar-refractivity contribution in [1.82, 2.24) is 9.88 Å². The van der Waals surface area contributed by atoms with Crippen LogP contribution >= 0.6 is 11.3 Å². The third kappa shape index (κ3) is 2.81. The number of carboxylic acids is 1. The van der Waals surface area contributed by atoms with E-state index in [-0.39, 0.29) is 0 Å². The molecule has 1 fully saturated rings. The fraction of sp³-hybridized carbons (Fsp3) is 0.714. The van der Waals surface area contributed by atoms with Gasteiger partial charge in [-0.25, -0.2) is 4.98 Å². The molecule has 1 aliphatic carbocycles. The zero-order valence-corrected chi connectivity index (χ0v) is 12.6. The number of likely N-dealkylation sites (tertiary alicyclic amines) is 1. The number of aromatic nitrogens is 1. The molecule has 1 aromatic rings. The molecule has 1 saturated heterocycles. The van der Waals surface area contributed by atoms with Crippen LogP contribution < -0.4 is 5.32 Å². The minimum absolute atomic E-state index is 0.400. The molecule has 20 heavy (non-hydrogen) atoms. The van der Waals surface area contributed by atoms with Crippen LogP contribution in [0.1, 0.15) is 35.8 Å². The quantitative estimate of drug-likeness (QED) is 0.889. The molecule has 0 spiro atoms. The van der Waals surface area contributed by atoms with E-state index < -0.39 is 11.9 Å². The Morgan fingerprint density at radius 2 is 2.40 bits per heavy atom. The van der Waals surface area contributed by atoms with Crippen molar-refractivity contribution in [3.63, 3.8) is 0 Å². The summed E-state index contributed by atoms with van der Waals surface area (Å²) in [5.74, 6) is -0.459. The number of aliphatic carboxylic acids is 1. The molecular weight excluding hydrogens is 274 g/mol. The maximum Gasteiger partial charge on any atom is 0.312 e. The van der Waals surface area contributed by atoms with Gasteiger partial charge in [0.1, 0.15) is 5.92 Å². The second-order valence-electron chi connectivity index (χ2n) is 5.91. The van der Waals surface area contributed by atoms with Gasteiger partial charge in [-0.2, -0.15) is 0 Å². The summed E-state index contributed by atoms with van der Waals surface area (Å²) in [4.78, 5) is 19.3. The molecule has 110 valence electrons. The van der Waals surface area contributed by atoms with E-state index in [1.807, 2.05) is 0 Å². The topological polar surface area (TPSA) is 65.5 Å². The Labute approximate surface area is 123 Å². The SMILES string of the molecule is CN1CCC(CNc2nc3c(s2)CCCC3C(=O)O)C1. The van der Waals surface area contributed by atoms with Crippen molar-refractivity contribution in [1.29, 1.82) is 0 Å². The molecule has 0 saturated carbocycles. The van der Waals surface area contributed by atoms with Crippen molar-refractivity contribution in [2.45, 2.75) is 31.6 Å². The van der Waals surface area contributed by atoms with E-state index in [0.29, 0.717) is 5.92 Å². The average Bonchev–Trinajstić information content (AvgIpc) is 3.01. The number of carboxylic acid groups (broad SMARTS) is 1. The minimum Gasteiger partial charge on any atom is -0.481 e. The molecule has 3 rings (SSSR count). The summed E-state index contributed by atoms with van der Waals surface area (Å²) in [5, 5.41) is 13.6. The number of carbonyl (C=O) groups is 1. The molecule has 5 nitrogen and oxygen atoms in total. The van der Waals surface area contributed by atoms with Gasteiger partial charge < -0.3 is 15.3 Å². The third-order valence-electron chi connectivity index (χ3n) is 4.28. The molecule has 2 unspecified atom stereocenters. The predicted octanol–water partition coefficient (Wildman–Crippen LogP) is 2.01. The van der Waals surface area contributed by atoms with Crippen LogP contribution in [-0.4, -0.2) is 47.6 Å². The highest BCUT2D eigenvalue weighted by molar-refractivity contribution is 7.15. The van der Waals surface area contributed by atoms with Crippen LogP contribution in [0.25, 0.3) is 0 Å². The molecule has 0 aromatic carbocycles. The number of hydrogen-bond donors (Lipinski definition) is 2. The molecule has 0 amide bonds. The first-order valence-electron chi connectivity index (χ1n) is 7.28. The van der Waals surface area contributed by atoms with Crippen molar-refractivity contribution < 1.29 is 9.90 Å². The zero-order chi connectivity index (χ0) is 14.1. The van der Waals surface area contributed by atoms with Crippen molar-refractivity contribution >= 4 is 22.4 Å². The van der Waals surface area contributed by atoms with Crippen molar-refractivity contribution in [2.75, 3.05) is 32.0 Å². The summed E-state index contributed by atoms with van der Waals surface area (Å²) in [6.07, 6.45) is 3.88. The van der Waals surface area contributed by atoms with Gasteiger partial charge in [0.25, 0.3) is 0 Å². The zero-order valence-electron chi connectivity index (χ0n) is 11.8. The number of rotatable bonds is 4. The Hall–Kier alpha value is -1.14. The number of nitrogens with zero attached hydrogens (tertiary/aromatic N) is 2. The van der Waals surface area contributed by atoms with Gasteiger partial charge in [-0.1, -0.05) is 0 Å². The fourth-order valence-electron chi connectivity index (χ4n) is 3.16. The first-order valence-corrected chi connectivity index (χ1v) is 8.10. The second-order valence-corrected chi connectivity index (χ2v) is 6.99. The lowest BCUT2D eigenvalue weighted by molar-refractivity contribution is -0.139. The molecule has 2 N–H and O–H groups in total. The van der Waals surface area contributed by atoms with Crippen LogP contribution in [0.4, 0.5) is 5.13 Å². The van der Waals surface area contributed by atoms with Crippen molar-refractivity contribution in [3.05, 3.63) is 10.6 Å². The van der Waals surface area contributed by atoms with E-state index in [0.717, 1.165) is 48.1 Å². The van der Waals surface area contributed by atoms with E-state index in [2.05, 4.69) is 22.2 Å². The highest BCUT2D eigenvalue weighted by Gasteiger charge is 2.30. The van der Waals surface area contributed by atoms with Gasteiger partial charge >= 0.3 is 5.97 Å². The molecule has 1 aromatic heterocycles. The molecule has 1 aliphatic heterocycles. The fourth-order valence-corrected chi connectivity index (χ4v) is 4.23. The van der Waals surface area contributed by atoms with Gasteiger partial charge in [0.2, 0.25) is 0 Å². The lowest BCUT2D eigenvalue weighted by Crippen LogP contribution is -2.19. The summed E-state index contributed by atoms with van der Waals surface area (Å²) in [6.45, 7) is 3.24. The summed E-state index contributed by atoms with van der Waals surface area (Å²) in [7, 11) is 2.15. The highest BCUT2D eigenvalue weighted by atomic mass is 32.1. The van der Waals surface area contributed by atoms with Gasteiger partial charge in [-0.15, -0.1) is 11.3 Å². The van der Waals surface area contributed by atoms with Crippen LogP contribution in [0.3, 0.4) is 0 Å². The number of nitrogens with one attached hydrogen (secondary N) is 1. The minimum atomic E-state index is -0.736. The lowest BCUT2D eigenvalue weighted by atomic mass is 9.91. The number of thiazole rings is 1. The van der Waals surface area contributed by atoms with Gasteiger partial charge in [0.05, 0.1) is 5.69 Å². The first kappa shape index (κ1) is 13.8. The third-order valence-corrected chi connectivity index (χ3v) is 5.37. The smallest absolute Gasteiger partial charge is 0.312 e. The summed E-state index contributed by atoms with van der Waals surface area (Å²) < 4.78 is 0. The van der Waals surface area contributed by atoms with Crippen molar-refractivity contribution in [2.24, 2.45) is 5.92 Å². The highest BCUT2D eigenvalue weighted by Crippen LogP contribution is 2.36. The largest absolute Gasteiger partial charge is 0.481 e. The van der Waals surface area contributed by atoms with E-state index in [9.17, 15) is 9.90 Å². The van der Waals surface area contributed by atoms with E-state index in [1.54, 1.807) is 11.3 Å². The van der Waals surface area contributed by atoms with Gasteiger partial charge in [-0.3, -0.25) is 4.79 Å². The Balaban J connectivity index is 1.65. The number of hydrogen-bond acceptors (Lipinski definition) is 5. The van der Waals surface area contributed by atoms with Crippen molar-refractivity contribution in [3.8, 4) is 0 Å². The predicted molar refractivity (Wildman–Crippen MR) is 79.5 cm³/mol. The molecule has 6 heteroatoms. The molecule has 2 aliphatic rings. The maximum atomic E-state index is 11.3. The Kier molecular flexibility index (Phi) is 3.94. The van der Waals surface area contributed by atoms with Crippen LogP contribution in [0.5, 0.6) is 0 Å². The average molecular weight is 295 g/mol. The van der Waals surface area contributed by atoms with Gasteiger partial charge in [0, 0.05) is 18.0 Å². The van der Waals surface area contributed by atoms with Gasteiger partial charge in [0.15, 0.2) is 5.13 Å². The van der Waals surface area contributed by atoms with Crippen LogP contribution in [-0.2, 0) is 11.2 Å². The summed E-state index contributed by atoms with van der Waals surface area (Å²) in [5.41, 5.74) is 0.805. The molecule has 0 bridgehead atoms. The number of aryl methyl sites for hydroxylation is 1. The molecular formula is C14H21N3O2S. The van der Waals surface area contributed by atoms with Crippen LogP contribution in [0, 0.1) is 5.92 Å². The molecule has 0 radical (unpaired) electrons. The van der Waals surface area contributed by atoms with E-state index in [1.165, 1.54) is 13.0 Å². The Bertz CT molecular complexity index is 503. The normalized spacial score (nSPS) is 26.4.